The summed E-state index contributed by atoms with van der Waals surface area (Å²) in [6.07, 6.45) is 7.35. The van der Waals surface area contributed by atoms with Crippen LogP contribution < -0.4 is 15.1 Å². The molecule has 6 nitrogen and oxygen atoms in total. The highest BCUT2D eigenvalue weighted by Gasteiger charge is 2.24. The molecule has 1 aromatic carbocycles. The molecule has 0 amide bonds. The quantitative estimate of drug-likeness (QED) is 0.703. The topological polar surface area (TPSA) is 57.2 Å². The number of hydrogen-bond donors (Lipinski definition) is 1. The summed E-state index contributed by atoms with van der Waals surface area (Å²) in [5.74, 6) is 1.81. The summed E-state index contributed by atoms with van der Waals surface area (Å²) >= 11 is 6.22. The average molecular weight is 407 g/mol. The maximum absolute atomic E-state index is 6.22. The van der Waals surface area contributed by atoms with Crippen molar-refractivity contribution in [3.05, 3.63) is 71.1 Å². The van der Waals surface area contributed by atoms with E-state index in [1.54, 1.807) is 12.4 Å². The first-order chi connectivity index (χ1) is 14.3. The van der Waals surface area contributed by atoms with Gasteiger partial charge in [-0.05, 0) is 36.1 Å². The molecule has 0 aliphatic carbocycles. The zero-order chi connectivity index (χ0) is 19.6. The molecule has 0 spiro atoms. The summed E-state index contributed by atoms with van der Waals surface area (Å²) < 4.78 is 0. The largest absolute Gasteiger partial charge is 0.381 e. The van der Waals surface area contributed by atoms with Crippen molar-refractivity contribution in [2.75, 3.05) is 28.2 Å². The molecule has 29 heavy (non-hydrogen) atoms. The maximum Gasteiger partial charge on any atom is 0.227 e. The minimum absolute atomic E-state index is 0.391. The molecule has 2 aliphatic rings. The van der Waals surface area contributed by atoms with E-state index in [0.29, 0.717) is 11.1 Å². The Morgan fingerprint density at radius 2 is 1.69 bits per heavy atom. The molecule has 0 atom stereocenters. The molecule has 7 heteroatoms. The van der Waals surface area contributed by atoms with Gasteiger partial charge in [-0.3, -0.25) is 4.98 Å². The van der Waals surface area contributed by atoms with E-state index >= 15 is 0 Å². The SMILES string of the molecule is Clc1cnccc1NC1CCN(c2nccc(N3Cc4ccccc4C3)n2)CC1. The van der Waals surface area contributed by atoms with Crippen molar-refractivity contribution < 1.29 is 0 Å². The summed E-state index contributed by atoms with van der Waals surface area (Å²) in [5.41, 5.74) is 3.72. The zero-order valence-electron chi connectivity index (χ0n) is 16.1. The van der Waals surface area contributed by atoms with Crippen LogP contribution in [-0.2, 0) is 13.1 Å². The van der Waals surface area contributed by atoms with Crippen molar-refractivity contribution in [3.8, 4) is 0 Å². The van der Waals surface area contributed by atoms with Crippen LogP contribution in [0.3, 0.4) is 0 Å². The van der Waals surface area contributed by atoms with E-state index < -0.39 is 0 Å². The third-order valence-electron chi connectivity index (χ3n) is 5.70. The number of fused-ring (bicyclic) bond motifs is 1. The molecule has 2 aromatic heterocycles. The fourth-order valence-electron chi connectivity index (χ4n) is 4.10. The van der Waals surface area contributed by atoms with Gasteiger partial charge in [0, 0.05) is 50.8 Å². The molecule has 148 valence electrons. The molecule has 0 unspecified atom stereocenters. The number of anilines is 3. The first-order valence-electron chi connectivity index (χ1n) is 10.0. The Morgan fingerprint density at radius 1 is 0.931 bits per heavy atom. The zero-order valence-corrected chi connectivity index (χ0v) is 16.9. The number of nitrogens with zero attached hydrogens (tertiary/aromatic N) is 5. The number of pyridine rings is 1. The van der Waals surface area contributed by atoms with Crippen LogP contribution in [-0.4, -0.2) is 34.1 Å². The molecular weight excluding hydrogens is 384 g/mol. The van der Waals surface area contributed by atoms with Crippen LogP contribution in [0.1, 0.15) is 24.0 Å². The van der Waals surface area contributed by atoms with Gasteiger partial charge in [0.1, 0.15) is 5.82 Å². The summed E-state index contributed by atoms with van der Waals surface area (Å²) in [5, 5.41) is 4.20. The number of nitrogens with one attached hydrogen (secondary N) is 1. The van der Waals surface area contributed by atoms with Gasteiger partial charge in [0.2, 0.25) is 5.95 Å². The lowest BCUT2D eigenvalue weighted by molar-refractivity contribution is 0.520. The molecule has 0 bridgehead atoms. The standard InChI is InChI=1S/C22H23ClN6/c23-19-13-24-9-5-20(19)26-18-7-11-28(12-8-18)22-25-10-6-21(27-22)29-14-16-3-1-2-4-17(16)15-29/h1-6,9-10,13,18H,7-8,11-12,14-15H2,(H,24,26). The minimum atomic E-state index is 0.391. The minimum Gasteiger partial charge on any atom is -0.381 e. The van der Waals surface area contributed by atoms with Crippen molar-refractivity contribution in [2.45, 2.75) is 32.0 Å². The lowest BCUT2D eigenvalue weighted by Gasteiger charge is -2.33. The highest BCUT2D eigenvalue weighted by atomic mass is 35.5. The smallest absolute Gasteiger partial charge is 0.227 e. The first kappa shape index (κ1) is 18.2. The van der Waals surface area contributed by atoms with Crippen LogP contribution in [0.2, 0.25) is 5.02 Å². The number of halogens is 1. The molecule has 5 rings (SSSR count). The van der Waals surface area contributed by atoms with E-state index in [4.69, 9.17) is 16.6 Å². The van der Waals surface area contributed by atoms with Crippen molar-refractivity contribution in [1.82, 2.24) is 15.0 Å². The van der Waals surface area contributed by atoms with Crippen LogP contribution in [0.4, 0.5) is 17.5 Å². The van der Waals surface area contributed by atoms with Gasteiger partial charge in [0.05, 0.1) is 10.7 Å². The lowest BCUT2D eigenvalue weighted by Crippen LogP contribution is -2.40. The molecule has 0 saturated carbocycles. The monoisotopic (exact) mass is 406 g/mol. The lowest BCUT2D eigenvalue weighted by atomic mass is 10.1. The molecule has 2 aliphatic heterocycles. The molecule has 4 heterocycles. The Bertz CT molecular complexity index is 977. The Labute approximate surface area is 175 Å². The van der Waals surface area contributed by atoms with E-state index in [1.165, 1.54) is 11.1 Å². The van der Waals surface area contributed by atoms with Crippen molar-refractivity contribution in [3.63, 3.8) is 0 Å². The maximum atomic E-state index is 6.22. The number of aromatic nitrogens is 3. The van der Waals surface area contributed by atoms with Crippen LogP contribution >= 0.6 is 11.6 Å². The van der Waals surface area contributed by atoms with E-state index in [2.05, 4.69) is 49.4 Å². The Balaban J connectivity index is 1.23. The van der Waals surface area contributed by atoms with E-state index in [0.717, 1.165) is 56.5 Å². The second-order valence-electron chi connectivity index (χ2n) is 7.60. The molecule has 3 aromatic rings. The summed E-state index contributed by atoms with van der Waals surface area (Å²) in [6.45, 7) is 3.66. The predicted octanol–water partition coefficient (Wildman–Crippen LogP) is 4.13. The van der Waals surface area contributed by atoms with Crippen molar-refractivity contribution in [1.29, 1.82) is 0 Å². The van der Waals surface area contributed by atoms with Gasteiger partial charge in [-0.2, -0.15) is 4.98 Å². The van der Waals surface area contributed by atoms with Gasteiger partial charge >= 0.3 is 0 Å². The molecule has 1 saturated heterocycles. The Kier molecular flexibility index (Phi) is 4.94. The van der Waals surface area contributed by atoms with Gasteiger partial charge in [-0.25, -0.2) is 4.98 Å². The van der Waals surface area contributed by atoms with Gasteiger partial charge in [-0.15, -0.1) is 0 Å². The van der Waals surface area contributed by atoms with Crippen LogP contribution in [0.15, 0.2) is 55.0 Å². The van der Waals surface area contributed by atoms with Crippen LogP contribution in [0.5, 0.6) is 0 Å². The summed E-state index contributed by atoms with van der Waals surface area (Å²) in [6, 6.07) is 12.9. The number of rotatable bonds is 4. The highest BCUT2D eigenvalue weighted by Crippen LogP contribution is 2.28. The second kappa shape index (κ2) is 7.87. The summed E-state index contributed by atoms with van der Waals surface area (Å²) in [4.78, 5) is 18.1. The fraction of sp³-hybridized carbons (Fsp3) is 0.318. The van der Waals surface area contributed by atoms with E-state index in [9.17, 15) is 0 Å². The van der Waals surface area contributed by atoms with Crippen LogP contribution in [0, 0.1) is 0 Å². The normalized spacial score (nSPS) is 16.7. The van der Waals surface area contributed by atoms with Crippen molar-refractivity contribution in [2.24, 2.45) is 0 Å². The fourth-order valence-corrected chi connectivity index (χ4v) is 4.27. The predicted molar refractivity (Wildman–Crippen MR) is 116 cm³/mol. The number of piperidine rings is 1. The molecular formula is C22H23ClN6. The third-order valence-corrected chi connectivity index (χ3v) is 6.00. The highest BCUT2D eigenvalue weighted by molar-refractivity contribution is 6.33. The van der Waals surface area contributed by atoms with E-state index in [-0.39, 0.29) is 0 Å². The number of benzene rings is 1. The number of hydrogen-bond acceptors (Lipinski definition) is 6. The average Bonchev–Trinajstić information content (AvgIpc) is 3.20. The molecule has 1 fully saturated rings. The molecule has 0 radical (unpaired) electrons. The summed E-state index contributed by atoms with van der Waals surface area (Å²) in [7, 11) is 0. The van der Waals surface area contributed by atoms with Gasteiger partial charge in [0.15, 0.2) is 0 Å². The third kappa shape index (κ3) is 3.85. The molecule has 1 N–H and O–H groups in total. The Morgan fingerprint density at radius 3 is 2.41 bits per heavy atom. The van der Waals surface area contributed by atoms with Gasteiger partial charge < -0.3 is 15.1 Å². The van der Waals surface area contributed by atoms with E-state index in [1.807, 2.05) is 18.3 Å². The van der Waals surface area contributed by atoms with Crippen molar-refractivity contribution >= 4 is 29.1 Å². The van der Waals surface area contributed by atoms with Gasteiger partial charge in [-0.1, -0.05) is 35.9 Å². The second-order valence-corrected chi connectivity index (χ2v) is 8.01. The first-order valence-corrected chi connectivity index (χ1v) is 10.4. The van der Waals surface area contributed by atoms with Gasteiger partial charge in [0.25, 0.3) is 0 Å². The Hall–Kier alpha value is -2.86. The van der Waals surface area contributed by atoms with Crippen LogP contribution in [0.25, 0.3) is 0 Å².